The standard InChI is InChI=1S/C15H16N2O2/c16-14(9-11-5-2-1-3-6-11)15(19)17-12-7-4-8-13(18)10-12/h1-8,10,14,18H,9,16H2,(H,17,19). The lowest BCUT2D eigenvalue weighted by molar-refractivity contribution is -0.117. The van der Waals surface area contributed by atoms with Crippen molar-refractivity contribution in [2.24, 2.45) is 5.73 Å². The smallest absolute Gasteiger partial charge is 0.241 e. The quantitative estimate of drug-likeness (QED) is 0.782. The van der Waals surface area contributed by atoms with Crippen molar-refractivity contribution in [1.29, 1.82) is 0 Å². The van der Waals surface area contributed by atoms with Gasteiger partial charge in [0.05, 0.1) is 6.04 Å². The van der Waals surface area contributed by atoms with Crippen molar-refractivity contribution in [2.75, 3.05) is 5.32 Å². The number of aromatic hydroxyl groups is 1. The van der Waals surface area contributed by atoms with Gasteiger partial charge in [-0.25, -0.2) is 0 Å². The summed E-state index contributed by atoms with van der Waals surface area (Å²) in [4.78, 5) is 11.9. The average Bonchev–Trinajstić information content (AvgIpc) is 2.40. The van der Waals surface area contributed by atoms with E-state index in [-0.39, 0.29) is 11.7 Å². The van der Waals surface area contributed by atoms with Crippen LogP contribution in [0.5, 0.6) is 5.75 Å². The van der Waals surface area contributed by atoms with Gasteiger partial charge in [0.1, 0.15) is 5.75 Å². The summed E-state index contributed by atoms with van der Waals surface area (Å²) in [5, 5.41) is 12.0. The Balaban J connectivity index is 1.96. The number of carbonyl (C=O) groups excluding carboxylic acids is 1. The van der Waals surface area contributed by atoms with E-state index in [4.69, 9.17) is 5.73 Å². The lowest BCUT2D eigenvalue weighted by Gasteiger charge is -2.12. The van der Waals surface area contributed by atoms with Gasteiger partial charge in [0, 0.05) is 11.8 Å². The molecular weight excluding hydrogens is 240 g/mol. The summed E-state index contributed by atoms with van der Waals surface area (Å²) in [7, 11) is 0. The van der Waals surface area contributed by atoms with Crippen molar-refractivity contribution >= 4 is 11.6 Å². The molecule has 0 saturated carbocycles. The second-order valence-electron chi connectivity index (χ2n) is 4.34. The van der Waals surface area contributed by atoms with Crippen LogP contribution in [0.4, 0.5) is 5.69 Å². The van der Waals surface area contributed by atoms with Gasteiger partial charge in [-0.3, -0.25) is 4.79 Å². The zero-order valence-corrected chi connectivity index (χ0v) is 10.4. The Hall–Kier alpha value is -2.33. The number of phenols is 1. The van der Waals surface area contributed by atoms with Gasteiger partial charge < -0.3 is 16.2 Å². The molecule has 1 amide bonds. The van der Waals surface area contributed by atoms with E-state index >= 15 is 0 Å². The number of phenolic OH excluding ortho intramolecular Hbond substituents is 1. The Morgan fingerprint density at radius 1 is 1.16 bits per heavy atom. The van der Waals surface area contributed by atoms with E-state index in [0.29, 0.717) is 12.1 Å². The highest BCUT2D eigenvalue weighted by Gasteiger charge is 2.14. The minimum absolute atomic E-state index is 0.106. The first-order valence-electron chi connectivity index (χ1n) is 6.04. The molecule has 19 heavy (non-hydrogen) atoms. The Labute approximate surface area is 111 Å². The second-order valence-corrected chi connectivity index (χ2v) is 4.34. The van der Waals surface area contributed by atoms with Gasteiger partial charge in [-0.05, 0) is 24.1 Å². The maximum absolute atomic E-state index is 11.9. The predicted octanol–water partition coefficient (Wildman–Crippen LogP) is 1.90. The molecule has 1 atom stereocenters. The van der Waals surface area contributed by atoms with Crippen LogP contribution in [0.3, 0.4) is 0 Å². The van der Waals surface area contributed by atoms with Crippen molar-refractivity contribution in [2.45, 2.75) is 12.5 Å². The Morgan fingerprint density at radius 2 is 1.89 bits per heavy atom. The normalized spacial score (nSPS) is 11.8. The molecule has 2 aromatic carbocycles. The number of rotatable bonds is 4. The fraction of sp³-hybridized carbons (Fsp3) is 0.133. The number of anilines is 1. The molecule has 0 radical (unpaired) electrons. The molecule has 98 valence electrons. The molecule has 0 saturated heterocycles. The monoisotopic (exact) mass is 256 g/mol. The van der Waals surface area contributed by atoms with Crippen LogP contribution >= 0.6 is 0 Å². The molecule has 4 heteroatoms. The summed E-state index contributed by atoms with van der Waals surface area (Å²) in [6.45, 7) is 0. The molecule has 0 aromatic heterocycles. The molecule has 0 heterocycles. The molecule has 4 N–H and O–H groups in total. The van der Waals surface area contributed by atoms with Crippen molar-refractivity contribution in [3.8, 4) is 5.75 Å². The van der Waals surface area contributed by atoms with Crippen LogP contribution in [0.1, 0.15) is 5.56 Å². The molecule has 0 aliphatic carbocycles. The van der Waals surface area contributed by atoms with Gasteiger partial charge >= 0.3 is 0 Å². The third-order valence-electron chi connectivity index (χ3n) is 2.75. The van der Waals surface area contributed by atoms with Crippen LogP contribution in [0.25, 0.3) is 0 Å². The van der Waals surface area contributed by atoms with E-state index in [1.807, 2.05) is 30.3 Å². The Morgan fingerprint density at radius 3 is 2.58 bits per heavy atom. The largest absolute Gasteiger partial charge is 0.508 e. The lowest BCUT2D eigenvalue weighted by atomic mass is 10.1. The van der Waals surface area contributed by atoms with Gasteiger partial charge in [0.25, 0.3) is 0 Å². The zero-order valence-electron chi connectivity index (χ0n) is 10.4. The van der Waals surface area contributed by atoms with E-state index in [2.05, 4.69) is 5.32 Å². The van der Waals surface area contributed by atoms with Crippen LogP contribution in [0.15, 0.2) is 54.6 Å². The third-order valence-corrected chi connectivity index (χ3v) is 2.75. The molecular formula is C15H16N2O2. The number of hydrogen-bond acceptors (Lipinski definition) is 3. The summed E-state index contributed by atoms with van der Waals surface area (Å²) < 4.78 is 0. The summed E-state index contributed by atoms with van der Waals surface area (Å²) in [6, 6.07) is 15.4. The van der Waals surface area contributed by atoms with Gasteiger partial charge in [-0.15, -0.1) is 0 Å². The van der Waals surface area contributed by atoms with Crippen LogP contribution in [0.2, 0.25) is 0 Å². The summed E-state index contributed by atoms with van der Waals surface area (Å²) >= 11 is 0. The van der Waals surface area contributed by atoms with Crippen LogP contribution in [0, 0.1) is 0 Å². The lowest BCUT2D eigenvalue weighted by Crippen LogP contribution is -2.37. The molecule has 2 rings (SSSR count). The molecule has 1 unspecified atom stereocenters. The molecule has 0 aliphatic heterocycles. The predicted molar refractivity (Wildman–Crippen MR) is 74.9 cm³/mol. The molecule has 0 fully saturated rings. The average molecular weight is 256 g/mol. The molecule has 2 aromatic rings. The SMILES string of the molecule is NC(Cc1ccccc1)C(=O)Nc1cccc(O)c1. The highest BCUT2D eigenvalue weighted by atomic mass is 16.3. The van der Waals surface area contributed by atoms with E-state index < -0.39 is 6.04 Å². The summed E-state index contributed by atoms with van der Waals surface area (Å²) in [5.41, 5.74) is 7.41. The second kappa shape index (κ2) is 6.02. The maximum atomic E-state index is 11.9. The van der Waals surface area contributed by atoms with Gasteiger partial charge in [-0.1, -0.05) is 36.4 Å². The summed E-state index contributed by atoms with van der Waals surface area (Å²) in [5.74, 6) is -0.163. The van der Waals surface area contributed by atoms with Gasteiger partial charge in [0.2, 0.25) is 5.91 Å². The fourth-order valence-corrected chi connectivity index (χ4v) is 1.78. The fourth-order valence-electron chi connectivity index (χ4n) is 1.78. The van der Waals surface area contributed by atoms with Crippen molar-refractivity contribution in [1.82, 2.24) is 0 Å². The molecule has 0 spiro atoms. The number of nitrogens with one attached hydrogen (secondary N) is 1. The number of hydrogen-bond donors (Lipinski definition) is 3. The van der Waals surface area contributed by atoms with Gasteiger partial charge in [0.15, 0.2) is 0 Å². The van der Waals surface area contributed by atoms with Crippen LogP contribution < -0.4 is 11.1 Å². The number of nitrogens with two attached hydrogens (primary N) is 1. The highest BCUT2D eigenvalue weighted by Crippen LogP contribution is 2.15. The number of carbonyl (C=O) groups is 1. The minimum atomic E-state index is -0.621. The molecule has 4 nitrogen and oxygen atoms in total. The van der Waals surface area contributed by atoms with E-state index in [1.54, 1.807) is 18.2 Å². The van der Waals surface area contributed by atoms with Crippen molar-refractivity contribution < 1.29 is 9.90 Å². The zero-order chi connectivity index (χ0) is 13.7. The maximum Gasteiger partial charge on any atom is 0.241 e. The summed E-state index contributed by atoms with van der Waals surface area (Å²) in [6.07, 6.45) is 0.478. The topological polar surface area (TPSA) is 75.4 Å². The molecule has 0 aliphatic rings. The number of benzene rings is 2. The minimum Gasteiger partial charge on any atom is -0.508 e. The Bertz CT molecular complexity index is 555. The van der Waals surface area contributed by atoms with E-state index in [0.717, 1.165) is 5.56 Å². The van der Waals surface area contributed by atoms with Crippen LogP contribution in [-0.4, -0.2) is 17.1 Å². The van der Waals surface area contributed by atoms with Crippen molar-refractivity contribution in [3.63, 3.8) is 0 Å². The van der Waals surface area contributed by atoms with E-state index in [1.165, 1.54) is 6.07 Å². The van der Waals surface area contributed by atoms with Crippen molar-refractivity contribution in [3.05, 3.63) is 60.2 Å². The van der Waals surface area contributed by atoms with Crippen LogP contribution in [-0.2, 0) is 11.2 Å². The third kappa shape index (κ3) is 3.82. The first-order valence-corrected chi connectivity index (χ1v) is 6.04. The first-order chi connectivity index (χ1) is 9.15. The number of amides is 1. The van der Waals surface area contributed by atoms with Gasteiger partial charge in [-0.2, -0.15) is 0 Å². The first kappa shape index (κ1) is 13.1. The highest BCUT2D eigenvalue weighted by molar-refractivity contribution is 5.95. The Kier molecular flexibility index (Phi) is 4.15. The van der Waals surface area contributed by atoms with E-state index in [9.17, 15) is 9.90 Å². The molecule has 0 bridgehead atoms.